The monoisotopic (exact) mass is 248 g/mol. The van der Waals surface area contributed by atoms with Gasteiger partial charge in [0.25, 0.3) is 0 Å². The maximum Gasteiger partial charge on any atom is 0.317 e. The van der Waals surface area contributed by atoms with Gasteiger partial charge in [-0.2, -0.15) is 0 Å². The SMILES string of the molecule is C[Si](C)(C)OC(=O)/C=C/C(=O)c1ccccc1. The lowest BCUT2D eigenvalue weighted by molar-refractivity contribution is -0.129. The molecule has 1 rings (SSSR count). The Hall–Kier alpha value is -1.68. The Bertz CT molecular complexity index is 430. The van der Waals surface area contributed by atoms with E-state index in [4.69, 9.17) is 4.43 Å². The summed E-state index contributed by atoms with van der Waals surface area (Å²) in [5.41, 5.74) is 0.560. The molecule has 0 aliphatic rings. The number of ketones is 1. The molecule has 0 spiro atoms. The second-order valence-electron chi connectivity index (χ2n) is 4.60. The van der Waals surface area contributed by atoms with Crippen LogP contribution in [-0.2, 0) is 9.22 Å². The van der Waals surface area contributed by atoms with E-state index in [1.54, 1.807) is 24.3 Å². The van der Waals surface area contributed by atoms with Crippen LogP contribution in [0.15, 0.2) is 42.5 Å². The van der Waals surface area contributed by atoms with Gasteiger partial charge >= 0.3 is 5.97 Å². The first kappa shape index (κ1) is 13.4. The van der Waals surface area contributed by atoms with E-state index < -0.39 is 14.3 Å². The highest BCUT2D eigenvalue weighted by molar-refractivity contribution is 6.71. The molecule has 0 radical (unpaired) electrons. The average Bonchev–Trinajstić information content (AvgIpc) is 2.25. The Morgan fingerprint density at radius 3 is 2.18 bits per heavy atom. The Labute approximate surface area is 102 Å². The summed E-state index contributed by atoms with van der Waals surface area (Å²) in [4.78, 5) is 23.0. The number of benzene rings is 1. The van der Waals surface area contributed by atoms with Crippen molar-refractivity contribution in [3.8, 4) is 0 Å². The van der Waals surface area contributed by atoms with Gasteiger partial charge < -0.3 is 4.43 Å². The van der Waals surface area contributed by atoms with Gasteiger partial charge in [-0.25, -0.2) is 4.79 Å². The van der Waals surface area contributed by atoms with Crippen molar-refractivity contribution in [3.63, 3.8) is 0 Å². The van der Waals surface area contributed by atoms with E-state index in [9.17, 15) is 9.59 Å². The van der Waals surface area contributed by atoms with Crippen LogP contribution in [0, 0.1) is 0 Å². The smallest absolute Gasteiger partial charge is 0.317 e. The van der Waals surface area contributed by atoms with Crippen LogP contribution < -0.4 is 0 Å². The lowest BCUT2D eigenvalue weighted by Crippen LogP contribution is -2.28. The van der Waals surface area contributed by atoms with E-state index in [0.29, 0.717) is 5.56 Å². The first-order valence-electron chi connectivity index (χ1n) is 5.39. The van der Waals surface area contributed by atoms with Crippen molar-refractivity contribution in [1.82, 2.24) is 0 Å². The average molecular weight is 248 g/mol. The molecule has 0 aromatic heterocycles. The van der Waals surface area contributed by atoms with Crippen LogP contribution in [0.25, 0.3) is 0 Å². The molecule has 1 aromatic rings. The van der Waals surface area contributed by atoms with Crippen molar-refractivity contribution < 1.29 is 14.0 Å². The largest absolute Gasteiger partial charge is 0.517 e. The zero-order valence-corrected chi connectivity index (χ0v) is 11.3. The van der Waals surface area contributed by atoms with Crippen LogP contribution >= 0.6 is 0 Å². The highest BCUT2D eigenvalue weighted by Crippen LogP contribution is 2.04. The molecule has 0 aliphatic heterocycles. The summed E-state index contributed by atoms with van der Waals surface area (Å²) in [6, 6.07) is 8.80. The maximum absolute atomic E-state index is 11.6. The van der Waals surface area contributed by atoms with Gasteiger partial charge in [-0.3, -0.25) is 4.79 Å². The fraction of sp³-hybridized carbons (Fsp3) is 0.231. The second kappa shape index (κ2) is 5.59. The van der Waals surface area contributed by atoms with Gasteiger partial charge in [0.1, 0.15) is 0 Å². The summed E-state index contributed by atoms with van der Waals surface area (Å²) in [5, 5.41) is 0. The predicted molar refractivity (Wildman–Crippen MR) is 69.4 cm³/mol. The van der Waals surface area contributed by atoms with Gasteiger partial charge in [0.05, 0.1) is 0 Å². The number of carbonyl (C=O) groups is 2. The number of hydrogen-bond donors (Lipinski definition) is 0. The normalized spacial score (nSPS) is 11.5. The zero-order valence-electron chi connectivity index (χ0n) is 10.3. The summed E-state index contributed by atoms with van der Waals surface area (Å²) in [6.45, 7) is 5.74. The fourth-order valence-electron chi connectivity index (χ4n) is 1.18. The van der Waals surface area contributed by atoms with Crippen molar-refractivity contribution in [1.29, 1.82) is 0 Å². The Balaban J connectivity index is 2.61. The molecule has 0 heterocycles. The van der Waals surface area contributed by atoms with E-state index in [0.717, 1.165) is 0 Å². The standard InChI is InChI=1S/C13H16O3Si/c1-17(2,3)16-13(15)10-9-12(14)11-7-5-4-6-8-11/h4-10H,1-3H3/b10-9+. The molecule has 4 heteroatoms. The van der Waals surface area contributed by atoms with Gasteiger partial charge in [-0.05, 0) is 25.7 Å². The quantitative estimate of drug-likeness (QED) is 0.467. The van der Waals surface area contributed by atoms with Crippen LogP contribution in [0.5, 0.6) is 0 Å². The van der Waals surface area contributed by atoms with E-state index in [2.05, 4.69) is 0 Å². The van der Waals surface area contributed by atoms with Gasteiger partial charge in [-0.15, -0.1) is 0 Å². The molecule has 3 nitrogen and oxygen atoms in total. The minimum Gasteiger partial charge on any atom is -0.517 e. The fourth-order valence-corrected chi connectivity index (χ4v) is 1.85. The predicted octanol–water partition coefficient (Wildman–Crippen LogP) is 2.80. The molecule has 17 heavy (non-hydrogen) atoms. The van der Waals surface area contributed by atoms with Crippen LogP contribution in [0.3, 0.4) is 0 Å². The van der Waals surface area contributed by atoms with E-state index in [1.165, 1.54) is 12.2 Å². The van der Waals surface area contributed by atoms with Crippen LogP contribution in [0.4, 0.5) is 0 Å². The topological polar surface area (TPSA) is 43.4 Å². The molecular weight excluding hydrogens is 232 g/mol. The molecular formula is C13H16O3Si. The molecule has 0 N–H and O–H groups in total. The Morgan fingerprint density at radius 1 is 1.06 bits per heavy atom. The minimum absolute atomic E-state index is 0.196. The number of rotatable bonds is 4. The first-order valence-corrected chi connectivity index (χ1v) is 8.80. The van der Waals surface area contributed by atoms with E-state index >= 15 is 0 Å². The van der Waals surface area contributed by atoms with Gasteiger partial charge in [-0.1, -0.05) is 30.3 Å². The summed E-state index contributed by atoms with van der Waals surface area (Å²) in [5.74, 6) is -0.647. The summed E-state index contributed by atoms with van der Waals surface area (Å²) in [7, 11) is -1.88. The summed E-state index contributed by atoms with van der Waals surface area (Å²) < 4.78 is 5.18. The third-order valence-electron chi connectivity index (χ3n) is 1.84. The highest BCUT2D eigenvalue weighted by atomic mass is 28.4. The lowest BCUT2D eigenvalue weighted by Gasteiger charge is -2.15. The van der Waals surface area contributed by atoms with Crippen molar-refractivity contribution in [2.45, 2.75) is 19.6 Å². The van der Waals surface area contributed by atoms with Gasteiger partial charge in [0.15, 0.2) is 5.78 Å². The Kier molecular flexibility index (Phi) is 4.40. The molecule has 0 aliphatic carbocycles. The van der Waals surface area contributed by atoms with Crippen molar-refractivity contribution in [3.05, 3.63) is 48.0 Å². The third-order valence-corrected chi connectivity index (χ3v) is 2.65. The van der Waals surface area contributed by atoms with E-state index in [-0.39, 0.29) is 5.78 Å². The summed E-state index contributed by atoms with van der Waals surface area (Å²) in [6.07, 6.45) is 2.44. The van der Waals surface area contributed by atoms with Crippen molar-refractivity contribution in [2.24, 2.45) is 0 Å². The van der Waals surface area contributed by atoms with Crippen LogP contribution in [0.1, 0.15) is 10.4 Å². The third kappa shape index (κ3) is 5.26. The van der Waals surface area contributed by atoms with Crippen LogP contribution in [0.2, 0.25) is 19.6 Å². The highest BCUT2D eigenvalue weighted by Gasteiger charge is 2.18. The zero-order chi connectivity index (χ0) is 12.9. The number of hydrogen-bond acceptors (Lipinski definition) is 3. The molecule has 0 saturated heterocycles. The van der Waals surface area contributed by atoms with Crippen molar-refractivity contribution in [2.75, 3.05) is 0 Å². The molecule has 0 saturated carbocycles. The van der Waals surface area contributed by atoms with Gasteiger partial charge in [0, 0.05) is 11.6 Å². The Morgan fingerprint density at radius 2 is 1.65 bits per heavy atom. The lowest BCUT2D eigenvalue weighted by atomic mass is 10.1. The van der Waals surface area contributed by atoms with Crippen molar-refractivity contribution >= 4 is 20.1 Å². The molecule has 1 aromatic carbocycles. The molecule has 0 unspecified atom stereocenters. The number of carbonyl (C=O) groups excluding carboxylic acids is 2. The molecule has 0 atom stereocenters. The maximum atomic E-state index is 11.6. The number of allylic oxidation sites excluding steroid dienone is 1. The molecule has 90 valence electrons. The summed E-state index contributed by atoms with van der Waals surface area (Å²) >= 11 is 0. The second-order valence-corrected chi connectivity index (χ2v) is 9.03. The molecule has 0 fully saturated rings. The molecule has 0 amide bonds. The van der Waals surface area contributed by atoms with Crippen LogP contribution in [-0.4, -0.2) is 20.1 Å². The molecule has 0 bridgehead atoms. The first-order chi connectivity index (χ1) is 7.88. The minimum atomic E-state index is -1.88. The van der Waals surface area contributed by atoms with E-state index in [1.807, 2.05) is 25.7 Å². The van der Waals surface area contributed by atoms with Gasteiger partial charge in [0.2, 0.25) is 8.32 Å².